The minimum absolute atomic E-state index is 0.00768. The number of aliphatic hydroxyl groups is 1. The van der Waals surface area contributed by atoms with Gasteiger partial charge >= 0.3 is 0 Å². The van der Waals surface area contributed by atoms with E-state index in [9.17, 15) is 8.78 Å². The number of nitrogens with zero attached hydrogens (tertiary/aromatic N) is 1. The molecule has 5 heteroatoms. The number of hydrogen-bond donors (Lipinski definition) is 1. The Balaban J connectivity index is 2.18. The van der Waals surface area contributed by atoms with Crippen LogP contribution < -0.4 is 0 Å². The van der Waals surface area contributed by atoms with E-state index in [0.717, 1.165) is 25.7 Å². The highest BCUT2D eigenvalue weighted by Gasteiger charge is 2.24. The lowest BCUT2D eigenvalue weighted by atomic mass is 10.1. The van der Waals surface area contributed by atoms with Gasteiger partial charge in [-0.1, -0.05) is 12.8 Å². The second-order valence-electron chi connectivity index (χ2n) is 4.95. The summed E-state index contributed by atoms with van der Waals surface area (Å²) in [5.74, 6) is -1.07. The van der Waals surface area contributed by atoms with Crippen LogP contribution in [0.5, 0.6) is 0 Å². The van der Waals surface area contributed by atoms with Crippen molar-refractivity contribution < 1.29 is 13.9 Å². The molecule has 0 amide bonds. The van der Waals surface area contributed by atoms with Crippen LogP contribution in [0.15, 0.2) is 16.6 Å². The van der Waals surface area contributed by atoms with Gasteiger partial charge in [-0.3, -0.25) is 4.90 Å². The van der Waals surface area contributed by atoms with E-state index in [0.29, 0.717) is 12.6 Å². The molecule has 1 aromatic rings. The lowest BCUT2D eigenvalue weighted by Gasteiger charge is -2.28. The normalized spacial score (nSPS) is 16.5. The fraction of sp³-hybridized carbons (Fsp3) is 0.571. The Bertz CT molecular complexity index is 436. The van der Waals surface area contributed by atoms with Gasteiger partial charge in [0.1, 0.15) is 11.6 Å². The summed E-state index contributed by atoms with van der Waals surface area (Å²) in [6.07, 6.45) is 4.38. The minimum Gasteiger partial charge on any atom is -0.395 e. The lowest BCUT2D eigenvalue weighted by Crippen LogP contribution is -2.35. The molecule has 0 aromatic heterocycles. The summed E-state index contributed by atoms with van der Waals surface area (Å²) < 4.78 is 28.0. The van der Waals surface area contributed by atoms with Crippen molar-refractivity contribution in [1.82, 2.24) is 4.90 Å². The van der Waals surface area contributed by atoms with Crippen LogP contribution in [0.4, 0.5) is 8.78 Å². The van der Waals surface area contributed by atoms with E-state index in [1.165, 1.54) is 12.1 Å². The maximum Gasteiger partial charge on any atom is 0.144 e. The van der Waals surface area contributed by atoms with E-state index in [4.69, 9.17) is 5.11 Å². The van der Waals surface area contributed by atoms with Crippen LogP contribution in [-0.4, -0.2) is 29.2 Å². The largest absolute Gasteiger partial charge is 0.395 e. The average Bonchev–Trinajstić information content (AvgIpc) is 2.92. The predicted molar refractivity (Wildman–Crippen MR) is 73.8 cm³/mol. The van der Waals surface area contributed by atoms with Crippen LogP contribution in [0, 0.1) is 11.6 Å². The summed E-state index contributed by atoms with van der Waals surface area (Å²) in [5, 5.41) is 9.13. The highest BCUT2D eigenvalue weighted by atomic mass is 79.9. The molecule has 0 spiro atoms. The van der Waals surface area contributed by atoms with Crippen molar-refractivity contribution in [2.24, 2.45) is 0 Å². The van der Waals surface area contributed by atoms with Gasteiger partial charge in [-0.15, -0.1) is 0 Å². The van der Waals surface area contributed by atoms with Crippen LogP contribution in [0.1, 0.15) is 31.2 Å². The molecule has 1 fully saturated rings. The summed E-state index contributed by atoms with van der Waals surface area (Å²) in [5.41, 5.74) is 0.0784. The molecule has 0 atom stereocenters. The zero-order valence-corrected chi connectivity index (χ0v) is 12.3. The summed E-state index contributed by atoms with van der Waals surface area (Å²) in [4.78, 5) is 1.99. The van der Waals surface area contributed by atoms with E-state index >= 15 is 0 Å². The van der Waals surface area contributed by atoms with Crippen molar-refractivity contribution in [3.63, 3.8) is 0 Å². The Labute approximate surface area is 120 Å². The van der Waals surface area contributed by atoms with Gasteiger partial charge in [0.25, 0.3) is 0 Å². The molecule has 0 unspecified atom stereocenters. The van der Waals surface area contributed by atoms with Gasteiger partial charge in [0.05, 0.1) is 11.1 Å². The summed E-state index contributed by atoms with van der Waals surface area (Å²) in [6, 6.07) is 2.97. The molecule has 19 heavy (non-hydrogen) atoms. The first-order valence-corrected chi connectivity index (χ1v) is 7.40. The summed E-state index contributed by atoms with van der Waals surface area (Å²) in [7, 11) is 0. The maximum absolute atomic E-state index is 14.0. The van der Waals surface area contributed by atoms with Crippen molar-refractivity contribution in [1.29, 1.82) is 0 Å². The van der Waals surface area contributed by atoms with Crippen LogP contribution >= 0.6 is 15.9 Å². The molecule has 0 heterocycles. The van der Waals surface area contributed by atoms with Crippen molar-refractivity contribution in [3.05, 3.63) is 33.8 Å². The molecule has 1 aromatic carbocycles. The molecule has 0 aliphatic heterocycles. The highest BCUT2D eigenvalue weighted by Crippen LogP contribution is 2.28. The lowest BCUT2D eigenvalue weighted by molar-refractivity contribution is 0.141. The van der Waals surface area contributed by atoms with Gasteiger partial charge in [0, 0.05) is 24.7 Å². The van der Waals surface area contributed by atoms with Gasteiger partial charge in [0.15, 0.2) is 0 Å². The van der Waals surface area contributed by atoms with Crippen LogP contribution in [0.3, 0.4) is 0 Å². The monoisotopic (exact) mass is 333 g/mol. The van der Waals surface area contributed by atoms with Crippen LogP contribution in [-0.2, 0) is 6.54 Å². The number of aliphatic hydroxyl groups excluding tert-OH is 1. The SMILES string of the molecule is OCCN(Cc1c(F)ccc(Br)c1F)C1CCCC1. The van der Waals surface area contributed by atoms with Crippen LogP contribution in [0.25, 0.3) is 0 Å². The third kappa shape index (κ3) is 3.52. The second-order valence-corrected chi connectivity index (χ2v) is 5.81. The topological polar surface area (TPSA) is 23.5 Å². The van der Waals surface area contributed by atoms with Gasteiger partial charge in [-0.25, -0.2) is 8.78 Å². The zero-order valence-electron chi connectivity index (χ0n) is 10.7. The first kappa shape index (κ1) is 14.9. The number of rotatable bonds is 5. The zero-order chi connectivity index (χ0) is 13.8. The molecule has 2 rings (SSSR count). The van der Waals surface area contributed by atoms with Crippen molar-refractivity contribution in [3.8, 4) is 0 Å². The first-order chi connectivity index (χ1) is 9.13. The third-order valence-electron chi connectivity index (χ3n) is 3.73. The molecule has 2 nitrogen and oxygen atoms in total. The fourth-order valence-corrected chi connectivity index (χ4v) is 3.08. The average molecular weight is 334 g/mol. The van der Waals surface area contributed by atoms with Gasteiger partial charge < -0.3 is 5.11 Å². The molecular formula is C14H18BrF2NO. The fourth-order valence-electron chi connectivity index (χ4n) is 2.71. The van der Waals surface area contributed by atoms with Crippen molar-refractivity contribution in [2.75, 3.05) is 13.2 Å². The Morgan fingerprint density at radius 2 is 1.95 bits per heavy atom. The third-order valence-corrected chi connectivity index (χ3v) is 4.34. The standard InChI is InChI=1S/C14H18BrF2NO/c15-12-5-6-13(16)11(14(12)17)9-18(7-8-19)10-3-1-2-4-10/h5-6,10,19H,1-4,7-9H2. The van der Waals surface area contributed by atoms with Crippen molar-refractivity contribution >= 4 is 15.9 Å². The van der Waals surface area contributed by atoms with Crippen LogP contribution in [0.2, 0.25) is 0 Å². The smallest absolute Gasteiger partial charge is 0.144 e. The number of hydrogen-bond acceptors (Lipinski definition) is 2. The van der Waals surface area contributed by atoms with E-state index in [1.807, 2.05) is 4.90 Å². The number of halogens is 3. The molecule has 0 saturated heterocycles. The second kappa shape index (κ2) is 6.77. The maximum atomic E-state index is 14.0. The predicted octanol–water partition coefficient (Wildman–Crippen LogP) is 3.46. The molecule has 1 saturated carbocycles. The molecule has 0 bridgehead atoms. The van der Waals surface area contributed by atoms with E-state index in [1.54, 1.807) is 0 Å². The summed E-state index contributed by atoms with van der Waals surface area (Å²) >= 11 is 3.08. The number of benzene rings is 1. The highest BCUT2D eigenvalue weighted by molar-refractivity contribution is 9.10. The van der Waals surface area contributed by atoms with Gasteiger partial charge in [-0.2, -0.15) is 0 Å². The quantitative estimate of drug-likeness (QED) is 0.834. The van der Waals surface area contributed by atoms with Crippen molar-refractivity contribution in [2.45, 2.75) is 38.3 Å². The Kier molecular flexibility index (Phi) is 5.30. The molecular weight excluding hydrogens is 316 g/mol. The molecule has 106 valence electrons. The minimum atomic E-state index is -0.541. The summed E-state index contributed by atoms with van der Waals surface area (Å²) in [6.45, 7) is 0.673. The molecule has 1 aliphatic carbocycles. The first-order valence-electron chi connectivity index (χ1n) is 6.60. The molecule has 1 aliphatic rings. The Morgan fingerprint density at radius 3 is 2.58 bits per heavy atom. The molecule has 1 N–H and O–H groups in total. The van der Waals surface area contributed by atoms with E-state index in [2.05, 4.69) is 15.9 Å². The van der Waals surface area contributed by atoms with E-state index in [-0.39, 0.29) is 23.2 Å². The Hall–Kier alpha value is -0.520. The van der Waals surface area contributed by atoms with E-state index < -0.39 is 11.6 Å². The Morgan fingerprint density at radius 1 is 1.26 bits per heavy atom. The van der Waals surface area contributed by atoms with Gasteiger partial charge in [0.2, 0.25) is 0 Å². The molecule has 0 radical (unpaired) electrons. The van der Waals surface area contributed by atoms with Gasteiger partial charge in [-0.05, 0) is 40.9 Å².